The van der Waals surface area contributed by atoms with Crippen LogP contribution in [0.1, 0.15) is 48.2 Å². The van der Waals surface area contributed by atoms with Crippen molar-refractivity contribution in [2.24, 2.45) is 11.7 Å². The monoisotopic (exact) mass is 287 g/mol. The van der Waals surface area contributed by atoms with Crippen LogP contribution < -0.4 is 5.73 Å². The maximum atomic E-state index is 5.56. The Morgan fingerprint density at radius 3 is 2.71 bits per heavy atom. The van der Waals surface area contributed by atoms with Crippen LogP contribution in [-0.4, -0.2) is 16.7 Å². The molecule has 0 amide bonds. The third-order valence-electron chi connectivity index (χ3n) is 3.95. The zero-order chi connectivity index (χ0) is 15.2. The Balaban J connectivity index is 1.92. The molecule has 0 aliphatic carbocycles. The summed E-state index contributed by atoms with van der Waals surface area (Å²) in [4.78, 5) is 4.48. The topological polar surface area (TPSA) is 64.9 Å². The van der Waals surface area contributed by atoms with Crippen LogP contribution in [0, 0.1) is 19.8 Å². The third kappa shape index (κ3) is 4.67. The molecule has 4 heteroatoms. The average molecular weight is 287 g/mol. The number of nitrogens with two attached hydrogens (primary N) is 1. The summed E-state index contributed by atoms with van der Waals surface area (Å²) in [7, 11) is 0. The first-order valence-electron chi connectivity index (χ1n) is 7.66. The zero-order valence-corrected chi connectivity index (χ0v) is 13.2. The highest BCUT2D eigenvalue weighted by molar-refractivity contribution is 5.31. The molecule has 0 spiro atoms. The summed E-state index contributed by atoms with van der Waals surface area (Å²) in [5.41, 5.74) is 9.39. The van der Waals surface area contributed by atoms with Gasteiger partial charge in [-0.25, -0.2) is 0 Å². The van der Waals surface area contributed by atoms with Gasteiger partial charge in [0, 0.05) is 12.8 Å². The first-order chi connectivity index (χ1) is 10.1. The van der Waals surface area contributed by atoms with Gasteiger partial charge in [0.25, 0.3) is 0 Å². The number of aryl methyl sites for hydroxylation is 3. The molecule has 0 saturated carbocycles. The Morgan fingerprint density at radius 2 is 2.00 bits per heavy atom. The number of aromatic nitrogens is 2. The molecular formula is C17H25N3O. The molecule has 0 bridgehead atoms. The molecule has 1 aromatic heterocycles. The van der Waals surface area contributed by atoms with E-state index in [4.69, 9.17) is 10.3 Å². The molecule has 21 heavy (non-hydrogen) atoms. The molecule has 4 nitrogen and oxygen atoms in total. The number of nitrogens with zero attached hydrogens (tertiary/aromatic N) is 2. The Kier molecular flexibility index (Phi) is 5.51. The molecule has 2 N–H and O–H groups in total. The van der Waals surface area contributed by atoms with Crippen molar-refractivity contribution in [2.75, 3.05) is 6.54 Å². The van der Waals surface area contributed by atoms with Gasteiger partial charge in [-0.1, -0.05) is 30.3 Å². The highest BCUT2D eigenvalue weighted by Gasteiger charge is 2.09. The molecule has 2 rings (SSSR count). The highest BCUT2D eigenvalue weighted by Crippen LogP contribution is 2.14. The summed E-state index contributed by atoms with van der Waals surface area (Å²) in [6.45, 7) is 7.19. The Morgan fingerprint density at radius 1 is 1.19 bits per heavy atom. The van der Waals surface area contributed by atoms with Crippen LogP contribution in [-0.2, 0) is 12.8 Å². The number of hydrogen-bond acceptors (Lipinski definition) is 4. The molecule has 2 aromatic rings. The molecule has 1 unspecified atom stereocenters. The first-order valence-corrected chi connectivity index (χ1v) is 7.66. The van der Waals surface area contributed by atoms with Gasteiger partial charge >= 0.3 is 0 Å². The second-order valence-electron chi connectivity index (χ2n) is 5.92. The van der Waals surface area contributed by atoms with Crippen molar-refractivity contribution in [3.8, 4) is 0 Å². The fourth-order valence-electron chi connectivity index (χ4n) is 2.36. The van der Waals surface area contributed by atoms with E-state index in [2.05, 4.69) is 49.1 Å². The van der Waals surface area contributed by atoms with Crippen molar-refractivity contribution in [3.05, 3.63) is 46.6 Å². The van der Waals surface area contributed by atoms with E-state index in [-0.39, 0.29) is 0 Å². The van der Waals surface area contributed by atoms with Crippen molar-refractivity contribution in [3.63, 3.8) is 0 Å². The normalized spacial score (nSPS) is 12.6. The Bertz CT molecular complexity index is 577. The standard InChI is InChI=1S/C17H25N3O/c1-12(8-9-18)4-7-17-19-16(20-21-17)11-15-6-5-13(2)14(3)10-15/h5-6,10,12H,4,7-9,11,18H2,1-3H3. The maximum absolute atomic E-state index is 5.56. The number of benzene rings is 1. The van der Waals surface area contributed by atoms with Gasteiger partial charge < -0.3 is 10.3 Å². The minimum absolute atomic E-state index is 0.602. The van der Waals surface area contributed by atoms with Crippen LogP contribution >= 0.6 is 0 Å². The number of rotatable bonds is 7. The van der Waals surface area contributed by atoms with Gasteiger partial charge in [-0.2, -0.15) is 4.98 Å². The van der Waals surface area contributed by atoms with E-state index in [0.29, 0.717) is 5.92 Å². The minimum Gasteiger partial charge on any atom is -0.339 e. The Hall–Kier alpha value is -1.68. The van der Waals surface area contributed by atoms with Crippen LogP contribution in [0.25, 0.3) is 0 Å². The fraction of sp³-hybridized carbons (Fsp3) is 0.529. The second kappa shape index (κ2) is 7.36. The van der Waals surface area contributed by atoms with Crippen LogP contribution in [0.5, 0.6) is 0 Å². The van der Waals surface area contributed by atoms with Crippen LogP contribution in [0.4, 0.5) is 0 Å². The smallest absolute Gasteiger partial charge is 0.226 e. The molecule has 1 aromatic carbocycles. The lowest BCUT2D eigenvalue weighted by atomic mass is 10.0. The van der Waals surface area contributed by atoms with E-state index in [9.17, 15) is 0 Å². The molecule has 1 heterocycles. The van der Waals surface area contributed by atoms with E-state index in [1.165, 1.54) is 16.7 Å². The van der Waals surface area contributed by atoms with E-state index in [1.807, 2.05) is 0 Å². The summed E-state index contributed by atoms with van der Waals surface area (Å²) >= 11 is 0. The van der Waals surface area contributed by atoms with Crippen molar-refractivity contribution in [1.82, 2.24) is 10.1 Å². The molecule has 114 valence electrons. The number of hydrogen-bond donors (Lipinski definition) is 1. The van der Waals surface area contributed by atoms with Gasteiger partial charge in [0.2, 0.25) is 5.89 Å². The van der Waals surface area contributed by atoms with Crippen molar-refractivity contribution < 1.29 is 4.52 Å². The molecular weight excluding hydrogens is 262 g/mol. The van der Waals surface area contributed by atoms with E-state index in [1.54, 1.807) is 0 Å². The van der Waals surface area contributed by atoms with E-state index < -0.39 is 0 Å². The molecule has 0 saturated heterocycles. The fourth-order valence-corrected chi connectivity index (χ4v) is 2.36. The second-order valence-corrected chi connectivity index (χ2v) is 5.92. The quantitative estimate of drug-likeness (QED) is 0.849. The lowest BCUT2D eigenvalue weighted by molar-refractivity contribution is 0.358. The van der Waals surface area contributed by atoms with Gasteiger partial charge in [0.05, 0.1) is 0 Å². The minimum atomic E-state index is 0.602. The van der Waals surface area contributed by atoms with Gasteiger partial charge in [0.15, 0.2) is 5.82 Å². The van der Waals surface area contributed by atoms with Gasteiger partial charge in [-0.3, -0.25) is 0 Å². The molecule has 0 fully saturated rings. The average Bonchev–Trinajstić information content (AvgIpc) is 2.89. The van der Waals surface area contributed by atoms with E-state index in [0.717, 1.165) is 43.9 Å². The molecule has 0 aliphatic heterocycles. The maximum Gasteiger partial charge on any atom is 0.226 e. The predicted octanol–water partition coefficient (Wildman–Crippen LogP) is 3.19. The van der Waals surface area contributed by atoms with Crippen LogP contribution in [0.3, 0.4) is 0 Å². The molecule has 1 atom stereocenters. The molecule has 0 aliphatic rings. The molecule has 0 radical (unpaired) electrons. The SMILES string of the molecule is Cc1ccc(Cc2noc(CCC(C)CCN)n2)cc1C. The third-order valence-corrected chi connectivity index (χ3v) is 3.95. The van der Waals surface area contributed by atoms with Gasteiger partial charge in [0.1, 0.15) is 0 Å². The highest BCUT2D eigenvalue weighted by atomic mass is 16.5. The summed E-state index contributed by atoms with van der Waals surface area (Å²) in [5.74, 6) is 2.10. The Labute approximate surface area is 126 Å². The van der Waals surface area contributed by atoms with Gasteiger partial charge in [-0.05, 0) is 55.8 Å². The van der Waals surface area contributed by atoms with Crippen molar-refractivity contribution in [2.45, 2.75) is 46.5 Å². The lowest BCUT2D eigenvalue weighted by Crippen LogP contribution is -2.06. The van der Waals surface area contributed by atoms with Crippen LogP contribution in [0.2, 0.25) is 0 Å². The zero-order valence-electron chi connectivity index (χ0n) is 13.2. The lowest BCUT2D eigenvalue weighted by Gasteiger charge is -2.06. The largest absolute Gasteiger partial charge is 0.339 e. The van der Waals surface area contributed by atoms with Crippen molar-refractivity contribution in [1.29, 1.82) is 0 Å². The summed E-state index contributed by atoms with van der Waals surface area (Å²) in [5, 5.41) is 4.08. The summed E-state index contributed by atoms with van der Waals surface area (Å²) < 4.78 is 5.33. The first kappa shape index (κ1) is 15.7. The van der Waals surface area contributed by atoms with Crippen molar-refractivity contribution >= 4 is 0 Å². The summed E-state index contributed by atoms with van der Waals surface area (Å²) in [6.07, 6.45) is 3.65. The van der Waals surface area contributed by atoms with Gasteiger partial charge in [-0.15, -0.1) is 0 Å². The van der Waals surface area contributed by atoms with Crippen LogP contribution in [0.15, 0.2) is 22.7 Å². The predicted molar refractivity (Wildman–Crippen MR) is 84.2 cm³/mol. The van der Waals surface area contributed by atoms with E-state index >= 15 is 0 Å². The summed E-state index contributed by atoms with van der Waals surface area (Å²) in [6, 6.07) is 6.45.